The lowest BCUT2D eigenvalue weighted by molar-refractivity contribution is 0.592. The summed E-state index contributed by atoms with van der Waals surface area (Å²) in [5, 5.41) is 3.48. The van der Waals surface area contributed by atoms with E-state index >= 15 is 4.57 Å². The van der Waals surface area contributed by atoms with E-state index in [4.69, 9.17) is 9.97 Å². The third kappa shape index (κ3) is 5.37. The van der Waals surface area contributed by atoms with Crippen LogP contribution in [0.3, 0.4) is 0 Å². The molecule has 0 saturated carbocycles. The first kappa shape index (κ1) is 36.2. The van der Waals surface area contributed by atoms with Crippen LogP contribution < -0.4 is 15.9 Å². The molecule has 1 aliphatic carbocycles. The van der Waals surface area contributed by atoms with Gasteiger partial charge in [0.2, 0.25) is 0 Å². The van der Waals surface area contributed by atoms with Crippen LogP contribution in [0.25, 0.3) is 61.2 Å². The van der Waals surface area contributed by atoms with Gasteiger partial charge in [-0.2, -0.15) is 0 Å². The maximum absolute atomic E-state index is 15.3. The van der Waals surface area contributed by atoms with Gasteiger partial charge in [0.15, 0.2) is 7.14 Å². The summed E-state index contributed by atoms with van der Waals surface area (Å²) in [6.45, 7) is 0. The number of nitrogens with zero attached hydrogens (tertiary/aromatic N) is 3. The molecule has 4 nitrogen and oxygen atoms in total. The SMILES string of the molecule is O=P(c1ccccc1)(c1ccccc1)c1ccc(-c2ccc3c(c2)C(c2ccccc2)(c2ccccc2)c2cc(-c4nc5ccccc5c5nc6ccccc6n45)ccc2-3)cc1. The van der Waals surface area contributed by atoms with Crippen molar-refractivity contribution in [1.29, 1.82) is 0 Å². The number of hydrogen-bond donors (Lipinski definition) is 0. The molecular formula is C57H38N3OP. The second-order valence-electron chi connectivity index (χ2n) is 16.0. The van der Waals surface area contributed by atoms with Crippen molar-refractivity contribution in [2.75, 3.05) is 0 Å². The molecule has 2 aromatic heterocycles. The highest BCUT2D eigenvalue weighted by atomic mass is 31.2. The van der Waals surface area contributed by atoms with Gasteiger partial charge in [-0.05, 0) is 80.9 Å². The predicted molar refractivity (Wildman–Crippen MR) is 256 cm³/mol. The fourth-order valence-electron chi connectivity index (χ4n) is 9.93. The Morgan fingerprint density at radius 2 is 0.871 bits per heavy atom. The molecule has 0 spiro atoms. The first-order valence-electron chi connectivity index (χ1n) is 21.0. The minimum Gasteiger partial charge on any atom is -0.309 e. The van der Waals surface area contributed by atoms with Crippen LogP contribution in [0, 0.1) is 0 Å². The van der Waals surface area contributed by atoms with Crippen LogP contribution in [0.4, 0.5) is 0 Å². The molecule has 0 radical (unpaired) electrons. The summed E-state index contributed by atoms with van der Waals surface area (Å²) in [7, 11) is -3.12. The van der Waals surface area contributed by atoms with Gasteiger partial charge in [0.1, 0.15) is 11.5 Å². The molecule has 292 valence electrons. The summed E-state index contributed by atoms with van der Waals surface area (Å²) in [6, 6.07) is 80.4. The molecule has 0 aliphatic heterocycles. The normalized spacial score (nSPS) is 13.0. The molecule has 0 saturated heterocycles. The minimum atomic E-state index is -3.12. The topological polar surface area (TPSA) is 47.3 Å². The zero-order chi connectivity index (χ0) is 41.3. The highest BCUT2D eigenvalue weighted by Gasteiger charge is 2.46. The van der Waals surface area contributed by atoms with E-state index in [1.807, 2.05) is 72.8 Å². The van der Waals surface area contributed by atoms with Crippen molar-refractivity contribution in [3.8, 4) is 33.6 Å². The lowest BCUT2D eigenvalue weighted by atomic mass is 9.67. The van der Waals surface area contributed by atoms with Crippen LogP contribution >= 0.6 is 7.14 Å². The van der Waals surface area contributed by atoms with Gasteiger partial charge in [-0.3, -0.25) is 4.40 Å². The molecule has 5 heteroatoms. The number of fused-ring (bicyclic) bond motifs is 8. The van der Waals surface area contributed by atoms with Crippen LogP contribution in [0.2, 0.25) is 0 Å². The Morgan fingerprint density at radius 1 is 0.403 bits per heavy atom. The van der Waals surface area contributed by atoms with Gasteiger partial charge in [-0.25, -0.2) is 9.97 Å². The fourth-order valence-corrected chi connectivity index (χ4v) is 12.6. The molecule has 2 heterocycles. The number of aromatic nitrogens is 3. The Bertz CT molecular complexity index is 3450. The number of para-hydroxylation sites is 3. The van der Waals surface area contributed by atoms with Gasteiger partial charge in [0.05, 0.1) is 22.0 Å². The Balaban J connectivity index is 1.07. The van der Waals surface area contributed by atoms with Crippen molar-refractivity contribution < 1.29 is 4.57 Å². The zero-order valence-corrected chi connectivity index (χ0v) is 34.5. The van der Waals surface area contributed by atoms with Gasteiger partial charge < -0.3 is 4.57 Å². The third-order valence-corrected chi connectivity index (χ3v) is 15.8. The van der Waals surface area contributed by atoms with E-state index in [2.05, 4.69) is 162 Å². The minimum absolute atomic E-state index is 0.650. The Labute approximate surface area is 359 Å². The number of imidazole rings is 1. The van der Waals surface area contributed by atoms with Gasteiger partial charge in [0, 0.05) is 26.9 Å². The molecule has 11 aromatic rings. The summed E-state index contributed by atoms with van der Waals surface area (Å²) in [4.78, 5) is 10.5. The maximum atomic E-state index is 15.3. The molecule has 9 aromatic carbocycles. The smallest absolute Gasteiger partial charge is 0.171 e. The van der Waals surface area contributed by atoms with E-state index in [0.29, 0.717) is 0 Å². The summed E-state index contributed by atoms with van der Waals surface area (Å²) in [6.07, 6.45) is 0. The Morgan fingerprint density at radius 3 is 1.48 bits per heavy atom. The van der Waals surface area contributed by atoms with E-state index in [1.165, 1.54) is 33.4 Å². The molecule has 62 heavy (non-hydrogen) atoms. The van der Waals surface area contributed by atoms with Crippen molar-refractivity contribution in [3.63, 3.8) is 0 Å². The van der Waals surface area contributed by atoms with E-state index in [1.54, 1.807) is 0 Å². The fraction of sp³-hybridized carbons (Fsp3) is 0.0175. The maximum Gasteiger partial charge on any atom is 0.171 e. The van der Waals surface area contributed by atoms with Crippen LogP contribution in [0.15, 0.2) is 231 Å². The second kappa shape index (κ2) is 14.2. The Kier molecular flexibility index (Phi) is 8.32. The standard InChI is InChI=1S/C57H38N3OP/c61-62(44-21-9-3-10-22-44,45-23-11-4-12-24-45)46-33-29-39(30-34-46)40-31-35-47-48-36-32-41(55-58-52-26-14-13-25-49(52)56-59-53-27-15-16-28-54(53)60(55)56)38-51(48)57(50(47)37-40,42-17-5-1-6-18-42)43-19-7-2-8-20-43/h1-38H. The number of benzene rings is 9. The molecule has 0 bridgehead atoms. The Hall–Kier alpha value is -7.65. The van der Waals surface area contributed by atoms with E-state index in [0.717, 1.165) is 66.0 Å². The van der Waals surface area contributed by atoms with E-state index in [9.17, 15) is 0 Å². The summed E-state index contributed by atoms with van der Waals surface area (Å²) in [5.74, 6) is 0.852. The average Bonchev–Trinajstić information content (AvgIpc) is 3.89. The molecule has 0 N–H and O–H groups in total. The summed E-state index contributed by atoms with van der Waals surface area (Å²) < 4.78 is 17.5. The number of rotatable bonds is 7. The molecule has 0 unspecified atom stereocenters. The predicted octanol–water partition coefficient (Wildman–Crippen LogP) is 12.4. The first-order chi connectivity index (χ1) is 30.6. The van der Waals surface area contributed by atoms with Crippen LogP contribution in [0.1, 0.15) is 22.3 Å². The second-order valence-corrected chi connectivity index (χ2v) is 18.8. The van der Waals surface area contributed by atoms with Crippen molar-refractivity contribution in [1.82, 2.24) is 14.4 Å². The van der Waals surface area contributed by atoms with Crippen LogP contribution in [-0.4, -0.2) is 14.4 Å². The van der Waals surface area contributed by atoms with Gasteiger partial charge in [-0.15, -0.1) is 0 Å². The van der Waals surface area contributed by atoms with Crippen molar-refractivity contribution in [3.05, 3.63) is 253 Å². The highest BCUT2D eigenvalue weighted by Crippen LogP contribution is 2.57. The lowest BCUT2D eigenvalue weighted by Gasteiger charge is -2.34. The van der Waals surface area contributed by atoms with Crippen molar-refractivity contribution in [2.24, 2.45) is 0 Å². The largest absolute Gasteiger partial charge is 0.309 e. The van der Waals surface area contributed by atoms with Gasteiger partial charge in [0.25, 0.3) is 0 Å². The van der Waals surface area contributed by atoms with E-state index in [-0.39, 0.29) is 0 Å². The monoisotopic (exact) mass is 811 g/mol. The van der Waals surface area contributed by atoms with Gasteiger partial charge >= 0.3 is 0 Å². The zero-order valence-electron chi connectivity index (χ0n) is 33.6. The molecule has 12 rings (SSSR count). The molecular weight excluding hydrogens is 774 g/mol. The van der Waals surface area contributed by atoms with Crippen molar-refractivity contribution >= 4 is 50.6 Å². The van der Waals surface area contributed by atoms with Crippen LogP contribution in [0.5, 0.6) is 0 Å². The molecule has 0 fully saturated rings. The quantitative estimate of drug-likeness (QED) is 0.151. The highest BCUT2D eigenvalue weighted by molar-refractivity contribution is 7.85. The number of hydrogen-bond acceptors (Lipinski definition) is 3. The molecule has 0 amide bonds. The molecule has 1 aliphatic rings. The van der Waals surface area contributed by atoms with E-state index < -0.39 is 12.6 Å². The first-order valence-corrected chi connectivity index (χ1v) is 22.7. The lowest BCUT2D eigenvalue weighted by Crippen LogP contribution is -2.28. The van der Waals surface area contributed by atoms with Gasteiger partial charge in [-0.1, -0.05) is 194 Å². The average molecular weight is 812 g/mol. The molecule has 0 atom stereocenters. The summed E-state index contributed by atoms with van der Waals surface area (Å²) in [5.41, 5.74) is 13.5. The van der Waals surface area contributed by atoms with Crippen LogP contribution in [-0.2, 0) is 9.98 Å². The third-order valence-electron chi connectivity index (χ3n) is 12.8. The summed E-state index contributed by atoms with van der Waals surface area (Å²) >= 11 is 0. The van der Waals surface area contributed by atoms with Crippen molar-refractivity contribution in [2.45, 2.75) is 5.41 Å².